The summed E-state index contributed by atoms with van der Waals surface area (Å²) in [5.74, 6) is -0.255. The quantitative estimate of drug-likeness (QED) is 0.476. The van der Waals surface area contributed by atoms with Crippen molar-refractivity contribution in [1.82, 2.24) is 5.32 Å². The number of benzene rings is 3. The minimum atomic E-state index is -0.879. The molecule has 0 aromatic heterocycles. The van der Waals surface area contributed by atoms with Crippen LogP contribution in [0.2, 0.25) is 5.02 Å². The Labute approximate surface area is 179 Å². The zero-order valence-corrected chi connectivity index (χ0v) is 17.0. The molecule has 0 aliphatic carbocycles. The van der Waals surface area contributed by atoms with E-state index in [1.807, 2.05) is 36.4 Å². The first-order valence-electron chi connectivity index (χ1n) is 9.20. The summed E-state index contributed by atoms with van der Waals surface area (Å²) < 4.78 is 0.951. The summed E-state index contributed by atoms with van der Waals surface area (Å²) in [7, 11) is 1.76. The largest absolute Gasteiger partial charge is 0.623 e. The third kappa shape index (κ3) is 5.04. The van der Waals surface area contributed by atoms with Gasteiger partial charge < -0.3 is 15.6 Å². The van der Waals surface area contributed by atoms with Crippen LogP contribution in [0.15, 0.2) is 83.9 Å². The summed E-state index contributed by atoms with van der Waals surface area (Å²) in [5, 5.41) is 24.5. The molecule has 3 aromatic rings. The Kier molecular flexibility index (Phi) is 6.83. The van der Waals surface area contributed by atoms with Gasteiger partial charge in [-0.25, -0.2) is 9.79 Å². The normalized spacial score (nSPS) is 12.7. The fraction of sp³-hybridized carbons (Fsp3) is 0.0870. The van der Waals surface area contributed by atoms with Crippen LogP contribution in [0.25, 0.3) is 0 Å². The molecule has 0 amide bonds. The molecule has 152 valence electrons. The Morgan fingerprint density at radius 3 is 2.27 bits per heavy atom. The fourth-order valence-corrected chi connectivity index (χ4v) is 3.11. The second-order valence-corrected chi connectivity index (χ2v) is 6.83. The highest BCUT2D eigenvalue weighted by molar-refractivity contribution is 6.31. The van der Waals surface area contributed by atoms with Crippen molar-refractivity contribution in [3.63, 3.8) is 0 Å². The van der Waals surface area contributed by atoms with Crippen molar-refractivity contribution < 1.29 is 14.6 Å². The average Bonchev–Trinajstić information content (AvgIpc) is 2.90. The third-order valence-electron chi connectivity index (χ3n) is 4.37. The molecule has 1 heterocycles. The number of hydroxylamine groups is 1. The van der Waals surface area contributed by atoms with Crippen molar-refractivity contribution in [1.29, 1.82) is 0 Å². The Morgan fingerprint density at radius 2 is 1.70 bits per heavy atom. The highest BCUT2D eigenvalue weighted by atomic mass is 35.5. The minimum absolute atomic E-state index is 0.174. The number of rotatable bonds is 2. The summed E-state index contributed by atoms with van der Waals surface area (Å²) in [6.45, 7) is 0.174. The van der Waals surface area contributed by atoms with Crippen LogP contribution >= 0.6 is 11.6 Å². The van der Waals surface area contributed by atoms with E-state index in [-0.39, 0.29) is 6.54 Å². The van der Waals surface area contributed by atoms with Gasteiger partial charge in [0.2, 0.25) is 12.3 Å². The number of carbonyl (C=O) groups is 1. The van der Waals surface area contributed by atoms with Crippen LogP contribution in [0.3, 0.4) is 0 Å². The molecule has 0 saturated carbocycles. The molecule has 0 atom stereocenters. The van der Waals surface area contributed by atoms with Crippen molar-refractivity contribution in [2.24, 2.45) is 4.99 Å². The van der Waals surface area contributed by atoms with Gasteiger partial charge in [-0.1, -0.05) is 48.0 Å². The molecular weight excluding hydrogens is 402 g/mol. The van der Waals surface area contributed by atoms with Crippen molar-refractivity contribution in [2.45, 2.75) is 0 Å². The predicted octanol–water partition coefficient (Wildman–Crippen LogP) is 4.34. The Morgan fingerprint density at radius 1 is 1.07 bits per heavy atom. The molecule has 2 N–H and O–H groups in total. The van der Waals surface area contributed by atoms with Crippen molar-refractivity contribution >= 4 is 34.8 Å². The number of fused-ring (bicyclic) bond motifs is 1. The van der Waals surface area contributed by atoms with Crippen molar-refractivity contribution in [3.05, 3.63) is 106 Å². The van der Waals surface area contributed by atoms with Crippen LogP contribution in [0.4, 0.5) is 5.69 Å². The average molecular weight is 422 g/mol. The number of nitrogens with zero attached hydrogens (tertiary/aromatic N) is 2. The molecule has 1 aliphatic rings. The van der Waals surface area contributed by atoms with E-state index in [2.05, 4.69) is 10.3 Å². The van der Waals surface area contributed by atoms with E-state index >= 15 is 0 Å². The summed E-state index contributed by atoms with van der Waals surface area (Å²) in [4.78, 5) is 14.7. The number of aromatic carboxylic acids is 1. The Bertz CT molecular complexity index is 1100. The highest BCUT2D eigenvalue weighted by Gasteiger charge is 2.24. The van der Waals surface area contributed by atoms with E-state index in [0.29, 0.717) is 22.1 Å². The molecule has 0 fully saturated rings. The van der Waals surface area contributed by atoms with Gasteiger partial charge in [-0.15, -0.1) is 0 Å². The van der Waals surface area contributed by atoms with Crippen LogP contribution in [-0.4, -0.2) is 41.0 Å². The Balaban J connectivity index is 0.000000239. The van der Waals surface area contributed by atoms with Gasteiger partial charge in [-0.05, 0) is 42.5 Å². The maximum absolute atomic E-state index is 12.6. The van der Waals surface area contributed by atoms with Gasteiger partial charge in [0.05, 0.1) is 16.8 Å². The number of amidine groups is 1. The predicted molar refractivity (Wildman–Crippen MR) is 119 cm³/mol. The van der Waals surface area contributed by atoms with Crippen molar-refractivity contribution in [2.75, 3.05) is 13.6 Å². The number of carboxylic acids is 1. The van der Waals surface area contributed by atoms with Crippen molar-refractivity contribution in [3.8, 4) is 0 Å². The Hall–Kier alpha value is -3.64. The minimum Gasteiger partial charge on any atom is -0.623 e. The summed E-state index contributed by atoms with van der Waals surface area (Å²) in [5.41, 5.74) is 3.25. The van der Waals surface area contributed by atoms with E-state index in [4.69, 9.17) is 16.7 Å². The van der Waals surface area contributed by atoms with Gasteiger partial charge in [0.1, 0.15) is 0 Å². The van der Waals surface area contributed by atoms with Gasteiger partial charge in [-0.3, -0.25) is 0 Å². The number of hydrogen-bond donors (Lipinski definition) is 2. The van der Waals surface area contributed by atoms with Crippen LogP contribution in [0.5, 0.6) is 0 Å². The number of nitrogens with one attached hydrogen (secondary N) is 1. The lowest BCUT2D eigenvalue weighted by molar-refractivity contribution is -0.439. The maximum atomic E-state index is 12.6. The molecule has 3 aromatic carbocycles. The number of aliphatic imine (C=N–C) groups is 1. The summed E-state index contributed by atoms with van der Waals surface area (Å²) in [6.07, 6.45) is 0. The van der Waals surface area contributed by atoms with E-state index < -0.39 is 5.97 Å². The molecule has 6 nitrogen and oxygen atoms in total. The number of carboxylic acid groups (broad SMARTS) is 1. The lowest BCUT2D eigenvalue weighted by Crippen LogP contribution is -2.29. The maximum Gasteiger partial charge on any atom is 0.335 e. The van der Waals surface area contributed by atoms with Gasteiger partial charge in [-0.2, -0.15) is 4.74 Å². The zero-order valence-electron chi connectivity index (χ0n) is 16.2. The smallest absolute Gasteiger partial charge is 0.335 e. The monoisotopic (exact) mass is 421 g/mol. The van der Waals surface area contributed by atoms with Gasteiger partial charge >= 0.3 is 5.97 Å². The van der Waals surface area contributed by atoms with E-state index in [1.165, 1.54) is 0 Å². The molecule has 0 bridgehead atoms. The summed E-state index contributed by atoms with van der Waals surface area (Å²) >= 11 is 6.10. The SMILES string of the molecule is CNC1=Nc2ccc(Cl)cc2C(c2ccccc2)=[N+]([O-])C1.O=C(O)c1ccccc1. The van der Waals surface area contributed by atoms with Crippen LogP contribution in [-0.2, 0) is 0 Å². The number of likely N-dealkylation sites (N-methyl/N-ethyl adjacent to an activating group) is 1. The molecule has 0 spiro atoms. The first-order chi connectivity index (χ1) is 14.5. The second-order valence-electron chi connectivity index (χ2n) is 6.39. The van der Waals surface area contributed by atoms with Crippen LogP contribution < -0.4 is 5.32 Å². The van der Waals surface area contributed by atoms with Gasteiger partial charge in [0.25, 0.3) is 0 Å². The molecule has 4 rings (SSSR count). The lowest BCUT2D eigenvalue weighted by Gasteiger charge is -2.10. The molecule has 1 aliphatic heterocycles. The number of halogens is 1. The summed E-state index contributed by atoms with van der Waals surface area (Å²) in [6, 6.07) is 23.2. The first-order valence-corrected chi connectivity index (χ1v) is 9.58. The number of hydrogen-bond acceptors (Lipinski definition) is 4. The molecular formula is C23H20ClN3O3. The second kappa shape index (κ2) is 9.71. The lowest BCUT2D eigenvalue weighted by atomic mass is 10.0. The molecule has 0 radical (unpaired) electrons. The fourth-order valence-electron chi connectivity index (χ4n) is 2.94. The van der Waals surface area contributed by atoms with Gasteiger partial charge in [0, 0.05) is 17.6 Å². The molecule has 0 unspecified atom stereocenters. The van der Waals surface area contributed by atoms with Crippen LogP contribution in [0.1, 0.15) is 21.5 Å². The zero-order chi connectivity index (χ0) is 21.5. The molecule has 0 saturated heterocycles. The highest BCUT2D eigenvalue weighted by Crippen LogP contribution is 2.28. The van der Waals surface area contributed by atoms with E-state index in [1.54, 1.807) is 49.5 Å². The van der Waals surface area contributed by atoms with E-state index in [9.17, 15) is 10.0 Å². The third-order valence-corrected chi connectivity index (χ3v) is 4.60. The topological polar surface area (TPSA) is 87.8 Å². The standard InChI is InChI=1S/C16H14ClN3O.C7H6O2/c1-18-15-10-20(21)16(11-5-3-2-4-6-11)13-9-12(17)7-8-14(13)19-15;8-7(9)6-4-2-1-3-5-6/h2-9H,10H2,1H3,(H,18,19);1-5H,(H,8,9). The molecule has 7 heteroatoms. The van der Waals surface area contributed by atoms with E-state index in [0.717, 1.165) is 21.6 Å². The van der Waals surface area contributed by atoms with Gasteiger partial charge in [0.15, 0.2) is 5.84 Å². The first kappa shape index (κ1) is 21.1. The molecule has 30 heavy (non-hydrogen) atoms. The van der Waals surface area contributed by atoms with Crippen LogP contribution in [0, 0.1) is 5.21 Å².